The van der Waals surface area contributed by atoms with Gasteiger partial charge in [-0.25, -0.2) is 0 Å². The molecule has 1 aromatic rings. The Morgan fingerprint density at radius 1 is 1.40 bits per heavy atom. The van der Waals surface area contributed by atoms with Crippen molar-refractivity contribution < 1.29 is 9.84 Å². The van der Waals surface area contributed by atoms with Crippen LogP contribution in [0.4, 0.5) is 0 Å². The second-order valence-corrected chi connectivity index (χ2v) is 4.22. The lowest BCUT2D eigenvalue weighted by Gasteiger charge is -2.09. The van der Waals surface area contributed by atoms with E-state index >= 15 is 0 Å². The van der Waals surface area contributed by atoms with Crippen molar-refractivity contribution in [2.45, 2.75) is 19.3 Å². The highest BCUT2D eigenvalue weighted by molar-refractivity contribution is 9.10. The summed E-state index contributed by atoms with van der Waals surface area (Å²) < 4.78 is 5.93. The summed E-state index contributed by atoms with van der Waals surface area (Å²) in [5.74, 6) is 1.05. The van der Waals surface area contributed by atoms with Crippen LogP contribution in [0.2, 0.25) is 0 Å². The maximum absolute atomic E-state index is 9.69. The number of aryl methyl sites for hydroxylation is 1. The van der Waals surface area contributed by atoms with Gasteiger partial charge >= 0.3 is 0 Å². The number of benzene rings is 1. The normalized spacial score (nSPS) is 10.3. The van der Waals surface area contributed by atoms with Gasteiger partial charge in [-0.1, -0.05) is 0 Å². The zero-order valence-corrected chi connectivity index (χ0v) is 10.4. The van der Waals surface area contributed by atoms with Gasteiger partial charge in [0, 0.05) is 0 Å². The number of methoxy groups -OCH3 is 1. The molecule has 0 bridgehead atoms. The van der Waals surface area contributed by atoms with Crippen LogP contribution in [-0.4, -0.2) is 18.8 Å². The number of halogens is 1. The minimum atomic E-state index is 0.305. The Morgan fingerprint density at radius 3 is 2.73 bits per heavy atom. The predicted molar refractivity (Wildman–Crippen MR) is 64.4 cm³/mol. The van der Waals surface area contributed by atoms with E-state index in [1.54, 1.807) is 13.2 Å². The van der Waals surface area contributed by atoms with Gasteiger partial charge in [0.15, 0.2) is 0 Å². The zero-order valence-electron chi connectivity index (χ0n) is 8.79. The first kappa shape index (κ1) is 12.3. The molecule has 0 atom stereocenters. The number of phenols is 1. The van der Waals surface area contributed by atoms with E-state index in [0.29, 0.717) is 12.3 Å². The molecule has 0 aliphatic carbocycles. The van der Waals surface area contributed by atoms with Crippen LogP contribution in [0.1, 0.15) is 18.4 Å². The van der Waals surface area contributed by atoms with Gasteiger partial charge in [0.2, 0.25) is 0 Å². The lowest BCUT2D eigenvalue weighted by atomic mass is 10.1. The minimum Gasteiger partial charge on any atom is -0.508 e. The Labute approximate surface area is 98.4 Å². The average Bonchev–Trinajstić information content (AvgIpc) is 2.21. The quantitative estimate of drug-likeness (QED) is 0.811. The van der Waals surface area contributed by atoms with Crippen LogP contribution in [0.25, 0.3) is 0 Å². The highest BCUT2D eigenvalue weighted by Gasteiger charge is 2.07. The van der Waals surface area contributed by atoms with E-state index in [2.05, 4.69) is 15.9 Å². The molecule has 0 aromatic heterocycles. The lowest BCUT2D eigenvalue weighted by Crippen LogP contribution is -1.99. The molecule has 3 N–H and O–H groups in total. The van der Waals surface area contributed by atoms with Gasteiger partial charge in [0.1, 0.15) is 11.5 Å². The average molecular weight is 274 g/mol. The highest BCUT2D eigenvalue weighted by Crippen LogP contribution is 2.32. The van der Waals surface area contributed by atoms with Crippen molar-refractivity contribution >= 4 is 15.9 Å². The van der Waals surface area contributed by atoms with Crippen LogP contribution >= 0.6 is 15.9 Å². The molecule has 4 heteroatoms. The van der Waals surface area contributed by atoms with Crippen LogP contribution < -0.4 is 10.5 Å². The van der Waals surface area contributed by atoms with Gasteiger partial charge in [-0.05, 0) is 59.4 Å². The Bertz CT molecular complexity index is 329. The summed E-state index contributed by atoms with van der Waals surface area (Å²) in [6.07, 6.45) is 2.78. The molecule has 1 aromatic carbocycles. The largest absolute Gasteiger partial charge is 0.508 e. The topological polar surface area (TPSA) is 55.5 Å². The van der Waals surface area contributed by atoms with E-state index in [-0.39, 0.29) is 0 Å². The Hall–Kier alpha value is -0.740. The standard InChI is InChI=1S/C11H16BrNO2/c1-15-11-6-8(4-2-3-5-13)10(14)7-9(11)12/h6-7,14H,2-5,13H2,1H3. The fourth-order valence-corrected chi connectivity index (χ4v) is 1.89. The van der Waals surface area contributed by atoms with E-state index < -0.39 is 0 Å². The van der Waals surface area contributed by atoms with Crippen molar-refractivity contribution in [3.8, 4) is 11.5 Å². The molecule has 15 heavy (non-hydrogen) atoms. The first-order valence-electron chi connectivity index (χ1n) is 4.94. The van der Waals surface area contributed by atoms with E-state index in [1.165, 1.54) is 0 Å². The number of ether oxygens (including phenoxy) is 1. The smallest absolute Gasteiger partial charge is 0.133 e. The van der Waals surface area contributed by atoms with Crippen molar-refractivity contribution in [2.24, 2.45) is 5.73 Å². The number of rotatable bonds is 5. The van der Waals surface area contributed by atoms with E-state index in [0.717, 1.165) is 35.0 Å². The number of nitrogens with two attached hydrogens (primary N) is 1. The van der Waals surface area contributed by atoms with Crippen LogP contribution in [0.5, 0.6) is 11.5 Å². The Kier molecular flexibility index (Phi) is 4.91. The van der Waals surface area contributed by atoms with Gasteiger partial charge in [-0.3, -0.25) is 0 Å². The van der Waals surface area contributed by atoms with Gasteiger partial charge in [0.25, 0.3) is 0 Å². The molecule has 0 spiro atoms. The monoisotopic (exact) mass is 273 g/mol. The second kappa shape index (κ2) is 5.98. The molecule has 0 saturated carbocycles. The van der Waals surface area contributed by atoms with Crippen LogP contribution in [-0.2, 0) is 6.42 Å². The molecule has 0 unspecified atom stereocenters. The third kappa shape index (κ3) is 3.39. The summed E-state index contributed by atoms with van der Waals surface area (Å²) >= 11 is 3.32. The Morgan fingerprint density at radius 2 is 2.13 bits per heavy atom. The van der Waals surface area contributed by atoms with Crippen molar-refractivity contribution in [3.63, 3.8) is 0 Å². The van der Waals surface area contributed by atoms with Crippen LogP contribution in [0, 0.1) is 0 Å². The fraction of sp³-hybridized carbons (Fsp3) is 0.455. The summed E-state index contributed by atoms with van der Waals surface area (Å²) in [7, 11) is 1.61. The summed E-state index contributed by atoms with van der Waals surface area (Å²) in [6.45, 7) is 0.689. The molecule has 0 fully saturated rings. The van der Waals surface area contributed by atoms with Gasteiger partial charge < -0.3 is 15.6 Å². The number of hydrogen-bond donors (Lipinski definition) is 2. The fourth-order valence-electron chi connectivity index (χ4n) is 1.40. The first-order chi connectivity index (χ1) is 7.19. The van der Waals surface area contributed by atoms with E-state index in [4.69, 9.17) is 10.5 Å². The molecule has 0 saturated heterocycles. The maximum atomic E-state index is 9.69. The van der Waals surface area contributed by atoms with Crippen LogP contribution in [0.15, 0.2) is 16.6 Å². The predicted octanol–water partition coefficient (Wildman–Crippen LogP) is 2.44. The van der Waals surface area contributed by atoms with Gasteiger partial charge in [-0.2, -0.15) is 0 Å². The van der Waals surface area contributed by atoms with Gasteiger partial charge in [0.05, 0.1) is 11.6 Å². The highest BCUT2D eigenvalue weighted by atomic mass is 79.9. The van der Waals surface area contributed by atoms with Crippen molar-refractivity contribution in [3.05, 3.63) is 22.2 Å². The summed E-state index contributed by atoms with van der Waals surface area (Å²) in [5.41, 5.74) is 6.32. The molecule has 84 valence electrons. The molecular formula is C11H16BrNO2. The van der Waals surface area contributed by atoms with Crippen molar-refractivity contribution in [1.82, 2.24) is 0 Å². The molecule has 0 radical (unpaired) electrons. The number of aromatic hydroxyl groups is 1. The second-order valence-electron chi connectivity index (χ2n) is 3.36. The SMILES string of the molecule is COc1cc(CCCCN)c(O)cc1Br. The number of hydrogen-bond acceptors (Lipinski definition) is 3. The minimum absolute atomic E-state index is 0.305. The molecule has 0 aliphatic rings. The summed E-state index contributed by atoms with van der Waals surface area (Å²) in [5, 5.41) is 9.69. The zero-order chi connectivity index (χ0) is 11.3. The number of phenolic OH excluding ortho intramolecular Hbond substituents is 1. The molecule has 0 heterocycles. The third-order valence-electron chi connectivity index (χ3n) is 2.25. The molecule has 0 amide bonds. The van der Waals surface area contributed by atoms with Crippen molar-refractivity contribution in [2.75, 3.05) is 13.7 Å². The van der Waals surface area contributed by atoms with E-state index in [1.807, 2.05) is 6.07 Å². The summed E-state index contributed by atoms with van der Waals surface area (Å²) in [6, 6.07) is 3.52. The lowest BCUT2D eigenvalue weighted by molar-refractivity contribution is 0.407. The Balaban J connectivity index is 2.78. The van der Waals surface area contributed by atoms with E-state index in [9.17, 15) is 5.11 Å². The summed E-state index contributed by atoms with van der Waals surface area (Å²) in [4.78, 5) is 0. The number of unbranched alkanes of at least 4 members (excludes halogenated alkanes) is 1. The van der Waals surface area contributed by atoms with Crippen molar-refractivity contribution in [1.29, 1.82) is 0 Å². The molecule has 1 rings (SSSR count). The van der Waals surface area contributed by atoms with Gasteiger partial charge in [-0.15, -0.1) is 0 Å². The maximum Gasteiger partial charge on any atom is 0.133 e. The third-order valence-corrected chi connectivity index (χ3v) is 2.87. The first-order valence-corrected chi connectivity index (χ1v) is 5.73. The van der Waals surface area contributed by atoms with Crippen LogP contribution in [0.3, 0.4) is 0 Å². The molecule has 0 aliphatic heterocycles. The molecule has 3 nitrogen and oxygen atoms in total. The molecular weight excluding hydrogens is 258 g/mol.